The molecule has 0 atom stereocenters. The normalized spacial score (nSPS) is 18.1. The molecule has 0 radical (unpaired) electrons. The summed E-state index contributed by atoms with van der Waals surface area (Å²) in [6.07, 6.45) is 15.1. The van der Waals surface area contributed by atoms with Crippen LogP contribution in [0.25, 0.3) is 0 Å². The third-order valence-corrected chi connectivity index (χ3v) is 5.10. The molecule has 1 aliphatic rings. The summed E-state index contributed by atoms with van der Waals surface area (Å²) < 4.78 is 0. The molecule has 1 fully saturated rings. The summed E-state index contributed by atoms with van der Waals surface area (Å²) in [5, 5.41) is 0. The van der Waals surface area contributed by atoms with Crippen molar-refractivity contribution in [1.29, 1.82) is 0 Å². The molecule has 1 aromatic rings. The molecule has 1 aromatic carbocycles. The van der Waals surface area contributed by atoms with Crippen molar-refractivity contribution in [2.24, 2.45) is 11.1 Å². The van der Waals surface area contributed by atoms with E-state index in [9.17, 15) is 0 Å². The molecule has 0 spiro atoms. The minimum Gasteiger partial charge on any atom is -0.330 e. The number of aryl methyl sites for hydroxylation is 2. The van der Waals surface area contributed by atoms with Crippen LogP contribution in [0.5, 0.6) is 0 Å². The highest BCUT2D eigenvalue weighted by Crippen LogP contribution is 2.40. The SMILES string of the molecule is C=CC1(CCc2cccc(CCCN)c2)CCCCCC1. The molecule has 0 aromatic heterocycles. The van der Waals surface area contributed by atoms with E-state index >= 15 is 0 Å². The van der Waals surface area contributed by atoms with E-state index in [-0.39, 0.29) is 0 Å². The van der Waals surface area contributed by atoms with Crippen LogP contribution in [-0.2, 0) is 12.8 Å². The molecule has 0 bridgehead atoms. The predicted molar refractivity (Wildman–Crippen MR) is 92.5 cm³/mol. The van der Waals surface area contributed by atoms with Crippen LogP contribution in [0, 0.1) is 5.41 Å². The van der Waals surface area contributed by atoms with Gasteiger partial charge in [-0.25, -0.2) is 0 Å². The molecule has 0 aliphatic heterocycles. The molecular formula is C20H31N. The van der Waals surface area contributed by atoms with Crippen LogP contribution in [-0.4, -0.2) is 6.54 Å². The number of allylic oxidation sites excluding steroid dienone is 1. The van der Waals surface area contributed by atoms with E-state index in [0.717, 1.165) is 19.4 Å². The second-order valence-electron chi connectivity index (χ2n) is 6.69. The average Bonchev–Trinajstić information content (AvgIpc) is 2.78. The highest BCUT2D eigenvalue weighted by molar-refractivity contribution is 5.24. The van der Waals surface area contributed by atoms with Crippen LogP contribution < -0.4 is 5.73 Å². The monoisotopic (exact) mass is 285 g/mol. The van der Waals surface area contributed by atoms with E-state index in [0.29, 0.717) is 5.41 Å². The van der Waals surface area contributed by atoms with Gasteiger partial charge in [0.25, 0.3) is 0 Å². The van der Waals surface area contributed by atoms with Gasteiger partial charge in [-0.1, -0.05) is 56.0 Å². The number of hydrogen-bond donors (Lipinski definition) is 1. The summed E-state index contributed by atoms with van der Waals surface area (Å²) >= 11 is 0. The first-order valence-corrected chi connectivity index (χ1v) is 8.69. The zero-order chi connectivity index (χ0) is 15.0. The van der Waals surface area contributed by atoms with Crippen LogP contribution in [0.15, 0.2) is 36.9 Å². The maximum atomic E-state index is 5.61. The lowest BCUT2D eigenvalue weighted by atomic mass is 9.76. The fourth-order valence-corrected chi connectivity index (χ4v) is 3.63. The predicted octanol–water partition coefficient (Wildman–Crippen LogP) is 5.04. The highest BCUT2D eigenvalue weighted by Gasteiger charge is 2.27. The largest absolute Gasteiger partial charge is 0.330 e. The van der Waals surface area contributed by atoms with E-state index in [1.807, 2.05) is 0 Å². The standard InChI is InChI=1S/C20H31N/c1-2-20(13-5-3-4-6-14-20)15-12-19-10-7-9-18(17-19)11-8-16-21/h2,7,9-10,17H,1,3-6,8,11-16,21H2. The molecule has 116 valence electrons. The maximum Gasteiger partial charge on any atom is -0.00741 e. The van der Waals surface area contributed by atoms with E-state index in [1.165, 1.54) is 62.5 Å². The Labute approximate surface area is 130 Å². The molecule has 1 aliphatic carbocycles. The van der Waals surface area contributed by atoms with Crippen LogP contribution in [0.2, 0.25) is 0 Å². The Kier molecular flexibility index (Phi) is 6.50. The van der Waals surface area contributed by atoms with Gasteiger partial charge in [-0.05, 0) is 61.6 Å². The van der Waals surface area contributed by atoms with Gasteiger partial charge < -0.3 is 5.73 Å². The van der Waals surface area contributed by atoms with Crippen molar-refractivity contribution in [3.8, 4) is 0 Å². The Balaban J connectivity index is 1.95. The van der Waals surface area contributed by atoms with Gasteiger partial charge in [-0.3, -0.25) is 0 Å². The molecule has 2 rings (SSSR count). The average molecular weight is 285 g/mol. The first kappa shape index (κ1) is 16.3. The van der Waals surface area contributed by atoms with E-state index in [1.54, 1.807) is 0 Å². The summed E-state index contributed by atoms with van der Waals surface area (Å²) in [7, 11) is 0. The molecular weight excluding hydrogens is 254 g/mol. The minimum atomic E-state index is 0.393. The van der Waals surface area contributed by atoms with Crippen molar-refractivity contribution in [2.75, 3.05) is 6.54 Å². The Morgan fingerprint density at radius 3 is 2.33 bits per heavy atom. The molecule has 0 amide bonds. The summed E-state index contributed by atoms with van der Waals surface area (Å²) in [6.45, 7) is 4.94. The van der Waals surface area contributed by atoms with Crippen LogP contribution in [0.3, 0.4) is 0 Å². The quantitative estimate of drug-likeness (QED) is 0.551. The van der Waals surface area contributed by atoms with Crippen molar-refractivity contribution in [2.45, 2.75) is 64.2 Å². The van der Waals surface area contributed by atoms with Crippen LogP contribution in [0.4, 0.5) is 0 Å². The Bertz CT molecular complexity index is 427. The molecule has 1 heteroatoms. The van der Waals surface area contributed by atoms with Gasteiger partial charge in [0, 0.05) is 0 Å². The van der Waals surface area contributed by atoms with Gasteiger partial charge in [-0.2, -0.15) is 0 Å². The summed E-state index contributed by atoms with van der Waals surface area (Å²) in [5.41, 5.74) is 8.92. The Hall–Kier alpha value is -1.08. The smallest absolute Gasteiger partial charge is 0.00741 e. The third-order valence-electron chi connectivity index (χ3n) is 5.10. The van der Waals surface area contributed by atoms with E-state index in [4.69, 9.17) is 5.73 Å². The third kappa shape index (κ3) is 5.00. The molecule has 21 heavy (non-hydrogen) atoms. The highest BCUT2D eigenvalue weighted by atomic mass is 14.5. The summed E-state index contributed by atoms with van der Waals surface area (Å²) in [6, 6.07) is 9.09. The van der Waals surface area contributed by atoms with E-state index < -0.39 is 0 Å². The van der Waals surface area contributed by atoms with Crippen molar-refractivity contribution in [3.63, 3.8) is 0 Å². The first-order chi connectivity index (χ1) is 10.3. The molecule has 0 unspecified atom stereocenters. The minimum absolute atomic E-state index is 0.393. The van der Waals surface area contributed by atoms with E-state index in [2.05, 4.69) is 36.9 Å². The number of hydrogen-bond acceptors (Lipinski definition) is 1. The zero-order valence-electron chi connectivity index (χ0n) is 13.4. The van der Waals surface area contributed by atoms with Gasteiger partial charge in [-0.15, -0.1) is 6.58 Å². The second kappa shape index (κ2) is 8.38. The molecule has 1 nitrogen and oxygen atoms in total. The lowest BCUT2D eigenvalue weighted by Crippen LogP contribution is -2.17. The summed E-state index contributed by atoms with van der Waals surface area (Å²) in [4.78, 5) is 0. The second-order valence-corrected chi connectivity index (χ2v) is 6.69. The molecule has 1 saturated carbocycles. The maximum absolute atomic E-state index is 5.61. The first-order valence-electron chi connectivity index (χ1n) is 8.69. The number of nitrogens with two attached hydrogens (primary N) is 1. The van der Waals surface area contributed by atoms with Gasteiger partial charge in [0.2, 0.25) is 0 Å². The fourth-order valence-electron chi connectivity index (χ4n) is 3.63. The van der Waals surface area contributed by atoms with Gasteiger partial charge in [0.15, 0.2) is 0 Å². The van der Waals surface area contributed by atoms with Gasteiger partial charge in [0.05, 0.1) is 0 Å². The Morgan fingerprint density at radius 2 is 1.71 bits per heavy atom. The molecule has 0 heterocycles. The van der Waals surface area contributed by atoms with Crippen molar-refractivity contribution >= 4 is 0 Å². The zero-order valence-corrected chi connectivity index (χ0v) is 13.4. The van der Waals surface area contributed by atoms with Crippen LogP contribution >= 0.6 is 0 Å². The van der Waals surface area contributed by atoms with Crippen LogP contribution in [0.1, 0.15) is 62.5 Å². The van der Waals surface area contributed by atoms with Crippen molar-refractivity contribution in [1.82, 2.24) is 0 Å². The van der Waals surface area contributed by atoms with Crippen molar-refractivity contribution < 1.29 is 0 Å². The van der Waals surface area contributed by atoms with Crippen molar-refractivity contribution in [3.05, 3.63) is 48.0 Å². The summed E-state index contributed by atoms with van der Waals surface area (Å²) in [5.74, 6) is 0. The van der Waals surface area contributed by atoms with Gasteiger partial charge in [0.1, 0.15) is 0 Å². The topological polar surface area (TPSA) is 26.0 Å². The lowest BCUT2D eigenvalue weighted by Gasteiger charge is -2.29. The Morgan fingerprint density at radius 1 is 1.05 bits per heavy atom. The number of benzene rings is 1. The molecule has 0 saturated heterocycles. The number of rotatable bonds is 7. The van der Waals surface area contributed by atoms with Gasteiger partial charge >= 0.3 is 0 Å². The fraction of sp³-hybridized carbons (Fsp3) is 0.600. The molecule has 2 N–H and O–H groups in total. The lowest BCUT2D eigenvalue weighted by molar-refractivity contribution is 0.304.